The monoisotopic (exact) mass is 274 g/mol. The highest BCUT2D eigenvalue weighted by molar-refractivity contribution is 7.91. The number of nitrogens with zero attached hydrogens (tertiary/aromatic N) is 1. The minimum atomic E-state index is -3.03. The van der Waals surface area contributed by atoms with Gasteiger partial charge in [-0.05, 0) is 25.5 Å². The van der Waals surface area contributed by atoms with Gasteiger partial charge in [-0.1, -0.05) is 18.2 Å². The van der Waals surface area contributed by atoms with E-state index in [2.05, 4.69) is 5.32 Å². The fourth-order valence-electron chi connectivity index (χ4n) is 1.46. The van der Waals surface area contributed by atoms with E-state index in [4.69, 9.17) is 11.6 Å². The molecule has 0 spiro atoms. The summed E-state index contributed by atoms with van der Waals surface area (Å²) in [5, 5.41) is 3.96. The Labute approximate surface area is 108 Å². The highest BCUT2D eigenvalue weighted by atomic mass is 35.5. The largest absolute Gasteiger partial charge is 0.285 e. The van der Waals surface area contributed by atoms with E-state index in [0.29, 0.717) is 13.0 Å². The van der Waals surface area contributed by atoms with Crippen LogP contribution in [0.1, 0.15) is 13.3 Å². The molecule has 0 amide bonds. The molecule has 0 aromatic heterocycles. The molecule has 1 atom stereocenters. The fourth-order valence-corrected chi connectivity index (χ4v) is 3.47. The SMILES string of the molecule is CC(Cl)CS(=O)(=O)CCC[N]c1ccccc1. The highest BCUT2D eigenvalue weighted by Crippen LogP contribution is 2.06. The van der Waals surface area contributed by atoms with Crippen LogP contribution in [0.3, 0.4) is 0 Å². The van der Waals surface area contributed by atoms with Crippen LogP contribution in [0.4, 0.5) is 5.69 Å². The van der Waals surface area contributed by atoms with Crippen molar-refractivity contribution >= 4 is 27.1 Å². The number of halogens is 1. The highest BCUT2D eigenvalue weighted by Gasteiger charge is 2.13. The topological polar surface area (TPSA) is 48.2 Å². The van der Waals surface area contributed by atoms with Crippen LogP contribution in [-0.2, 0) is 9.84 Å². The van der Waals surface area contributed by atoms with Crippen LogP contribution in [0.25, 0.3) is 0 Å². The van der Waals surface area contributed by atoms with Gasteiger partial charge in [0.15, 0.2) is 9.84 Å². The van der Waals surface area contributed by atoms with Crippen LogP contribution in [0.15, 0.2) is 30.3 Å². The molecule has 5 heteroatoms. The number of hydrogen-bond donors (Lipinski definition) is 0. The van der Waals surface area contributed by atoms with E-state index >= 15 is 0 Å². The quantitative estimate of drug-likeness (QED) is 0.566. The summed E-state index contributed by atoms with van der Waals surface area (Å²) in [6.07, 6.45) is 0.542. The van der Waals surface area contributed by atoms with E-state index in [1.807, 2.05) is 30.3 Å². The molecule has 1 aromatic rings. The average molecular weight is 275 g/mol. The molecular weight excluding hydrogens is 258 g/mol. The second-order valence-electron chi connectivity index (χ2n) is 3.97. The molecular formula is C12H17ClNO2S. The molecule has 0 heterocycles. The van der Waals surface area contributed by atoms with Crippen molar-refractivity contribution < 1.29 is 8.42 Å². The van der Waals surface area contributed by atoms with E-state index in [1.54, 1.807) is 6.92 Å². The summed E-state index contributed by atoms with van der Waals surface area (Å²) in [7, 11) is -3.03. The van der Waals surface area contributed by atoms with E-state index < -0.39 is 9.84 Å². The number of para-hydroxylation sites is 1. The third-order valence-electron chi connectivity index (χ3n) is 2.15. The number of benzene rings is 1. The van der Waals surface area contributed by atoms with E-state index in [9.17, 15) is 8.42 Å². The maximum atomic E-state index is 11.5. The average Bonchev–Trinajstić information content (AvgIpc) is 2.24. The summed E-state index contributed by atoms with van der Waals surface area (Å²) in [6, 6.07) is 9.53. The van der Waals surface area contributed by atoms with Crippen molar-refractivity contribution in [2.24, 2.45) is 0 Å². The lowest BCUT2D eigenvalue weighted by Crippen LogP contribution is -2.18. The third-order valence-corrected chi connectivity index (χ3v) is 4.40. The van der Waals surface area contributed by atoms with Gasteiger partial charge < -0.3 is 0 Å². The second kappa shape index (κ2) is 6.87. The Morgan fingerprint density at radius 2 is 1.94 bits per heavy atom. The molecule has 0 aliphatic carbocycles. The summed E-state index contributed by atoms with van der Waals surface area (Å²) < 4.78 is 23.1. The first-order valence-electron chi connectivity index (χ1n) is 5.57. The van der Waals surface area contributed by atoms with Crippen LogP contribution in [0, 0.1) is 0 Å². The summed E-state index contributed by atoms with van der Waals surface area (Å²) in [5.74, 6) is 0.195. The van der Waals surface area contributed by atoms with Gasteiger partial charge in [0.05, 0.1) is 17.2 Å². The molecule has 0 fully saturated rings. The Bertz CT molecular complexity index is 417. The Balaban J connectivity index is 2.25. The van der Waals surface area contributed by atoms with Crippen LogP contribution in [-0.4, -0.2) is 31.8 Å². The summed E-state index contributed by atoms with van der Waals surface area (Å²) in [6.45, 7) is 2.22. The predicted molar refractivity (Wildman–Crippen MR) is 71.7 cm³/mol. The standard InChI is InChI=1S/C12H17ClNO2S/c1-11(13)10-17(15,16)9-5-8-14-12-6-3-2-4-7-12/h2-4,6-7,11H,5,8-10H2,1H3. The molecule has 1 rings (SSSR count). The lowest BCUT2D eigenvalue weighted by Gasteiger charge is -2.06. The van der Waals surface area contributed by atoms with Gasteiger partial charge in [0.25, 0.3) is 0 Å². The van der Waals surface area contributed by atoms with Crippen molar-refractivity contribution in [2.75, 3.05) is 18.1 Å². The number of hydrogen-bond acceptors (Lipinski definition) is 2. The lowest BCUT2D eigenvalue weighted by molar-refractivity contribution is 0.591. The van der Waals surface area contributed by atoms with Crippen molar-refractivity contribution in [1.82, 2.24) is 5.32 Å². The Kier molecular flexibility index (Phi) is 5.78. The molecule has 0 aliphatic rings. The second-order valence-corrected chi connectivity index (χ2v) is 6.94. The third kappa shape index (κ3) is 6.54. The van der Waals surface area contributed by atoms with Gasteiger partial charge in [-0.2, -0.15) is 0 Å². The smallest absolute Gasteiger partial charge is 0.151 e. The van der Waals surface area contributed by atoms with Crippen molar-refractivity contribution in [2.45, 2.75) is 18.7 Å². The van der Waals surface area contributed by atoms with Gasteiger partial charge in [0, 0.05) is 11.9 Å². The first kappa shape index (κ1) is 14.3. The van der Waals surface area contributed by atoms with Gasteiger partial charge in [0.1, 0.15) is 0 Å². The zero-order chi connectivity index (χ0) is 12.7. The zero-order valence-electron chi connectivity index (χ0n) is 9.84. The van der Waals surface area contributed by atoms with Crippen LogP contribution < -0.4 is 5.32 Å². The molecule has 1 aromatic carbocycles. The molecule has 3 nitrogen and oxygen atoms in total. The minimum Gasteiger partial charge on any atom is -0.285 e. The van der Waals surface area contributed by atoms with Crippen molar-refractivity contribution in [3.8, 4) is 0 Å². The fraction of sp³-hybridized carbons (Fsp3) is 0.500. The maximum Gasteiger partial charge on any atom is 0.151 e. The molecule has 17 heavy (non-hydrogen) atoms. The Morgan fingerprint density at radius 1 is 1.29 bits per heavy atom. The zero-order valence-corrected chi connectivity index (χ0v) is 11.4. The van der Waals surface area contributed by atoms with Gasteiger partial charge in [0.2, 0.25) is 0 Å². The van der Waals surface area contributed by atoms with Crippen LogP contribution in [0.5, 0.6) is 0 Å². The van der Waals surface area contributed by atoms with Crippen molar-refractivity contribution in [3.63, 3.8) is 0 Å². The molecule has 1 unspecified atom stereocenters. The van der Waals surface area contributed by atoms with E-state index in [0.717, 1.165) is 5.69 Å². The Hall–Kier alpha value is -0.740. The molecule has 1 radical (unpaired) electrons. The van der Waals surface area contributed by atoms with E-state index in [1.165, 1.54) is 0 Å². The molecule has 95 valence electrons. The van der Waals surface area contributed by atoms with E-state index in [-0.39, 0.29) is 16.9 Å². The molecule has 0 saturated carbocycles. The van der Waals surface area contributed by atoms with Crippen LogP contribution >= 0.6 is 11.6 Å². The lowest BCUT2D eigenvalue weighted by atomic mass is 10.3. The summed E-state index contributed by atoms with van der Waals surface area (Å²) >= 11 is 5.67. The summed E-state index contributed by atoms with van der Waals surface area (Å²) in [5.41, 5.74) is 0.885. The van der Waals surface area contributed by atoms with Gasteiger partial charge >= 0.3 is 0 Å². The Morgan fingerprint density at radius 3 is 2.53 bits per heavy atom. The molecule has 0 aliphatic heterocycles. The molecule has 0 saturated heterocycles. The molecule has 0 bridgehead atoms. The van der Waals surface area contributed by atoms with Crippen molar-refractivity contribution in [1.29, 1.82) is 0 Å². The maximum absolute atomic E-state index is 11.5. The molecule has 0 N–H and O–H groups in total. The van der Waals surface area contributed by atoms with Gasteiger partial charge in [-0.15, -0.1) is 11.6 Å². The van der Waals surface area contributed by atoms with Crippen LogP contribution in [0.2, 0.25) is 0 Å². The van der Waals surface area contributed by atoms with Gasteiger partial charge in [-0.25, -0.2) is 8.42 Å². The van der Waals surface area contributed by atoms with Crippen molar-refractivity contribution in [3.05, 3.63) is 30.3 Å². The first-order valence-corrected chi connectivity index (χ1v) is 7.82. The number of alkyl halides is 1. The predicted octanol–water partition coefficient (Wildman–Crippen LogP) is 2.35. The summed E-state index contributed by atoms with van der Waals surface area (Å²) in [4.78, 5) is 0. The normalized spacial score (nSPS) is 13.3. The minimum absolute atomic E-state index is 0.0416. The first-order chi connectivity index (χ1) is 7.99. The van der Waals surface area contributed by atoms with Gasteiger partial charge in [-0.3, -0.25) is 5.32 Å². The number of sulfone groups is 1. The number of rotatable bonds is 7.